The molecular formula is C20H38N2O3S. The Morgan fingerprint density at radius 3 is 2.38 bits per heavy atom. The van der Waals surface area contributed by atoms with Crippen LogP contribution in [0.5, 0.6) is 0 Å². The van der Waals surface area contributed by atoms with Gasteiger partial charge in [0, 0.05) is 30.5 Å². The van der Waals surface area contributed by atoms with Crippen LogP contribution in [-0.2, 0) is 9.53 Å². The number of carbonyl (C=O) groups excluding carboxylic acids is 2. The fraction of sp³-hybridized carbons (Fsp3) is 0.900. The summed E-state index contributed by atoms with van der Waals surface area (Å²) in [6.07, 6.45) is 6.65. The van der Waals surface area contributed by atoms with Crippen molar-refractivity contribution in [1.29, 1.82) is 0 Å². The monoisotopic (exact) mass is 386 g/mol. The largest absolute Gasteiger partial charge is 0.444 e. The van der Waals surface area contributed by atoms with Crippen LogP contribution in [0.2, 0.25) is 0 Å². The Balaban J connectivity index is 2.46. The van der Waals surface area contributed by atoms with Gasteiger partial charge in [0.1, 0.15) is 5.60 Å². The first-order valence-corrected chi connectivity index (χ1v) is 11.1. The summed E-state index contributed by atoms with van der Waals surface area (Å²) in [6.45, 7) is 11.2. The van der Waals surface area contributed by atoms with Crippen molar-refractivity contribution in [2.24, 2.45) is 5.41 Å². The highest BCUT2D eigenvalue weighted by Crippen LogP contribution is 2.38. The van der Waals surface area contributed by atoms with Crippen molar-refractivity contribution in [3.63, 3.8) is 0 Å². The SMILES string of the molecule is CCC(C)SCCNC(=O)CC1(CNC(=O)OC(C)(C)C)CCCCC1. The highest BCUT2D eigenvalue weighted by molar-refractivity contribution is 7.99. The normalized spacial score (nSPS) is 18.0. The molecule has 1 aliphatic carbocycles. The predicted octanol–water partition coefficient (Wildman–Crippen LogP) is 4.50. The van der Waals surface area contributed by atoms with Crippen molar-refractivity contribution in [1.82, 2.24) is 10.6 Å². The van der Waals surface area contributed by atoms with Crippen molar-refractivity contribution in [2.45, 2.75) is 90.4 Å². The van der Waals surface area contributed by atoms with Gasteiger partial charge in [-0.1, -0.05) is 33.1 Å². The van der Waals surface area contributed by atoms with Crippen molar-refractivity contribution >= 4 is 23.8 Å². The number of ether oxygens (including phenoxy) is 1. The summed E-state index contributed by atoms with van der Waals surface area (Å²) in [5.41, 5.74) is -0.641. The molecule has 0 aromatic heterocycles. The van der Waals surface area contributed by atoms with Crippen molar-refractivity contribution in [2.75, 3.05) is 18.8 Å². The topological polar surface area (TPSA) is 67.4 Å². The summed E-state index contributed by atoms with van der Waals surface area (Å²) in [4.78, 5) is 24.4. The summed E-state index contributed by atoms with van der Waals surface area (Å²) in [6, 6.07) is 0. The fourth-order valence-electron chi connectivity index (χ4n) is 3.26. The first-order valence-electron chi connectivity index (χ1n) is 10.0. The molecule has 2 amide bonds. The minimum Gasteiger partial charge on any atom is -0.444 e. The Kier molecular flexibility index (Phi) is 9.83. The summed E-state index contributed by atoms with van der Waals surface area (Å²) in [7, 11) is 0. The van der Waals surface area contributed by atoms with Crippen molar-refractivity contribution in [3.05, 3.63) is 0 Å². The van der Waals surface area contributed by atoms with Crippen LogP contribution in [0.15, 0.2) is 0 Å². The van der Waals surface area contributed by atoms with E-state index < -0.39 is 11.7 Å². The number of alkyl carbamates (subject to hydrolysis) is 1. The molecule has 0 heterocycles. The maximum Gasteiger partial charge on any atom is 0.407 e. The number of nitrogens with one attached hydrogen (secondary N) is 2. The van der Waals surface area contributed by atoms with Crippen LogP contribution in [-0.4, -0.2) is 41.7 Å². The van der Waals surface area contributed by atoms with Crippen molar-refractivity contribution < 1.29 is 14.3 Å². The summed E-state index contributed by atoms with van der Waals surface area (Å²) < 4.78 is 5.34. The third-order valence-electron chi connectivity index (χ3n) is 4.86. The van der Waals surface area contributed by atoms with E-state index in [0.717, 1.165) is 37.9 Å². The average molecular weight is 387 g/mol. The van der Waals surface area contributed by atoms with E-state index in [0.29, 0.717) is 24.8 Å². The Bertz CT molecular complexity index is 443. The van der Waals surface area contributed by atoms with E-state index in [1.165, 1.54) is 6.42 Å². The highest BCUT2D eigenvalue weighted by atomic mass is 32.2. The number of carbonyl (C=O) groups is 2. The Hall–Kier alpha value is -0.910. The maximum absolute atomic E-state index is 12.4. The van der Waals surface area contributed by atoms with Gasteiger partial charge in [-0.15, -0.1) is 0 Å². The summed E-state index contributed by atoms with van der Waals surface area (Å²) in [5.74, 6) is 1.05. The molecule has 5 nitrogen and oxygen atoms in total. The fourth-order valence-corrected chi connectivity index (χ4v) is 4.12. The standard InChI is InChI=1S/C20H38N2O3S/c1-6-16(2)26-13-12-21-17(23)14-20(10-8-7-9-11-20)15-22-18(24)25-19(3,4)5/h16H,6-15H2,1-5H3,(H,21,23)(H,22,24). The molecule has 0 bridgehead atoms. The van der Waals surface area contributed by atoms with Gasteiger partial charge in [-0.2, -0.15) is 11.8 Å². The zero-order valence-electron chi connectivity index (χ0n) is 17.3. The quantitative estimate of drug-likeness (QED) is 0.573. The van der Waals surface area contributed by atoms with E-state index in [2.05, 4.69) is 24.5 Å². The van der Waals surface area contributed by atoms with Gasteiger partial charge in [0.2, 0.25) is 5.91 Å². The Morgan fingerprint density at radius 1 is 1.15 bits per heavy atom. The van der Waals surface area contributed by atoms with Crippen LogP contribution in [0.4, 0.5) is 4.79 Å². The Morgan fingerprint density at radius 2 is 1.81 bits per heavy atom. The van der Waals surface area contributed by atoms with Crippen molar-refractivity contribution in [3.8, 4) is 0 Å². The van der Waals surface area contributed by atoms with Crippen LogP contribution < -0.4 is 10.6 Å². The molecule has 1 fully saturated rings. The van der Waals surface area contributed by atoms with Gasteiger partial charge < -0.3 is 15.4 Å². The summed E-state index contributed by atoms with van der Waals surface area (Å²) in [5, 5.41) is 6.59. The van der Waals surface area contributed by atoms with Gasteiger partial charge in [-0.25, -0.2) is 4.79 Å². The van der Waals surface area contributed by atoms with E-state index in [1.54, 1.807) is 0 Å². The molecule has 152 valence electrons. The first-order chi connectivity index (χ1) is 12.2. The molecule has 0 aromatic carbocycles. The number of hydrogen-bond donors (Lipinski definition) is 2. The number of thioether (sulfide) groups is 1. The van der Waals surface area contributed by atoms with Gasteiger partial charge in [-0.05, 0) is 45.4 Å². The molecule has 0 aliphatic heterocycles. The van der Waals surface area contributed by atoms with Crippen LogP contribution in [0.3, 0.4) is 0 Å². The second-order valence-corrected chi connectivity index (χ2v) is 10.1. The molecule has 0 radical (unpaired) electrons. The van der Waals surface area contributed by atoms with E-state index in [1.807, 2.05) is 32.5 Å². The lowest BCUT2D eigenvalue weighted by atomic mass is 9.71. The van der Waals surface area contributed by atoms with E-state index in [-0.39, 0.29) is 11.3 Å². The molecule has 26 heavy (non-hydrogen) atoms. The summed E-state index contributed by atoms with van der Waals surface area (Å²) >= 11 is 1.89. The molecule has 1 rings (SSSR count). The number of amides is 2. The minimum atomic E-state index is -0.505. The van der Waals surface area contributed by atoms with Gasteiger partial charge >= 0.3 is 6.09 Å². The molecular weight excluding hydrogens is 348 g/mol. The smallest absolute Gasteiger partial charge is 0.407 e. The molecule has 1 aliphatic rings. The second kappa shape index (κ2) is 11.1. The molecule has 0 spiro atoms. The predicted molar refractivity (Wildman–Crippen MR) is 110 cm³/mol. The molecule has 1 unspecified atom stereocenters. The maximum atomic E-state index is 12.4. The van der Waals surface area contributed by atoms with Gasteiger partial charge in [0.05, 0.1) is 0 Å². The molecule has 0 saturated heterocycles. The first kappa shape index (κ1) is 23.1. The van der Waals surface area contributed by atoms with E-state index in [4.69, 9.17) is 4.74 Å². The highest BCUT2D eigenvalue weighted by Gasteiger charge is 2.35. The molecule has 1 atom stereocenters. The zero-order chi connectivity index (χ0) is 19.6. The van der Waals surface area contributed by atoms with Crippen LogP contribution in [0.25, 0.3) is 0 Å². The average Bonchev–Trinajstić information content (AvgIpc) is 2.56. The van der Waals surface area contributed by atoms with Crippen LogP contribution in [0.1, 0.15) is 79.6 Å². The zero-order valence-corrected chi connectivity index (χ0v) is 18.1. The lowest BCUT2D eigenvalue weighted by Gasteiger charge is -2.37. The van der Waals surface area contributed by atoms with Gasteiger partial charge in [-0.3, -0.25) is 4.79 Å². The molecule has 2 N–H and O–H groups in total. The molecule has 6 heteroatoms. The van der Waals surface area contributed by atoms with Gasteiger partial charge in [0.25, 0.3) is 0 Å². The molecule has 1 saturated carbocycles. The van der Waals surface area contributed by atoms with E-state index >= 15 is 0 Å². The lowest BCUT2D eigenvalue weighted by Crippen LogP contribution is -2.44. The lowest BCUT2D eigenvalue weighted by molar-refractivity contribution is -0.123. The van der Waals surface area contributed by atoms with Crippen LogP contribution >= 0.6 is 11.8 Å². The number of hydrogen-bond acceptors (Lipinski definition) is 4. The third kappa shape index (κ3) is 9.70. The molecule has 0 aromatic rings. The van der Waals surface area contributed by atoms with Gasteiger partial charge in [0.15, 0.2) is 0 Å². The third-order valence-corrected chi connectivity index (χ3v) is 6.20. The van der Waals surface area contributed by atoms with E-state index in [9.17, 15) is 9.59 Å². The van der Waals surface area contributed by atoms with Crippen LogP contribution in [0, 0.1) is 5.41 Å². The Labute approximate surface area is 163 Å². The minimum absolute atomic E-state index is 0.0997. The second-order valence-electron chi connectivity index (χ2n) is 8.53. The number of rotatable bonds is 9.